The molecule has 0 bridgehead atoms. The molecule has 0 amide bonds. The number of esters is 1. The molecule has 2 N–H and O–H groups in total. The van der Waals surface area contributed by atoms with Crippen LogP contribution in [0.2, 0.25) is 0 Å². The monoisotopic (exact) mass is 146 g/mol. The van der Waals surface area contributed by atoms with Gasteiger partial charge in [-0.2, -0.15) is 0 Å². The van der Waals surface area contributed by atoms with Crippen LogP contribution >= 0.6 is 0 Å². The number of ether oxygens (including phenoxy) is 1. The molecule has 0 aliphatic carbocycles. The zero-order valence-electron chi connectivity index (χ0n) is 5.03. The van der Waals surface area contributed by atoms with Gasteiger partial charge in [0.2, 0.25) is 5.60 Å². The lowest BCUT2D eigenvalue weighted by atomic mass is 10.0. The zero-order valence-corrected chi connectivity index (χ0v) is 5.03. The van der Waals surface area contributed by atoms with Crippen molar-refractivity contribution in [3.05, 3.63) is 0 Å². The van der Waals surface area contributed by atoms with E-state index >= 15 is 0 Å². The molecule has 1 heterocycles. The highest BCUT2D eigenvalue weighted by Gasteiger charge is 2.45. The van der Waals surface area contributed by atoms with Crippen LogP contribution in [0.25, 0.3) is 0 Å². The van der Waals surface area contributed by atoms with Crippen molar-refractivity contribution in [2.45, 2.75) is 12.0 Å². The summed E-state index contributed by atoms with van der Waals surface area (Å²) < 4.78 is 4.26. The van der Waals surface area contributed by atoms with Crippen molar-refractivity contribution in [3.8, 4) is 0 Å². The van der Waals surface area contributed by atoms with E-state index in [1.54, 1.807) is 0 Å². The Balaban J connectivity index is 2.72. The van der Waals surface area contributed by atoms with Gasteiger partial charge in [0.15, 0.2) is 0 Å². The molecule has 0 aromatic rings. The highest BCUT2D eigenvalue weighted by Crippen LogP contribution is 2.18. The summed E-state index contributed by atoms with van der Waals surface area (Å²) in [5.41, 5.74) is -1.99. The van der Waals surface area contributed by atoms with E-state index in [4.69, 9.17) is 10.2 Å². The van der Waals surface area contributed by atoms with Gasteiger partial charge in [-0.25, -0.2) is 4.79 Å². The predicted molar refractivity (Wildman–Crippen MR) is 28.2 cm³/mol. The Morgan fingerprint density at radius 3 is 2.50 bits per heavy atom. The molecule has 0 radical (unpaired) electrons. The van der Waals surface area contributed by atoms with E-state index in [2.05, 4.69) is 4.74 Å². The van der Waals surface area contributed by atoms with Gasteiger partial charge < -0.3 is 14.9 Å². The molecular weight excluding hydrogens is 140 g/mol. The second-order valence-electron chi connectivity index (χ2n) is 2.17. The fraction of sp³-hybridized carbons (Fsp3) is 0.600. The van der Waals surface area contributed by atoms with Crippen LogP contribution in [0.15, 0.2) is 0 Å². The van der Waals surface area contributed by atoms with Crippen molar-refractivity contribution >= 4 is 11.9 Å². The lowest BCUT2D eigenvalue weighted by Gasteiger charge is -2.10. The lowest BCUT2D eigenvalue weighted by molar-refractivity contribution is -0.158. The summed E-state index contributed by atoms with van der Waals surface area (Å²) in [6.07, 6.45) is -0.456. The summed E-state index contributed by atoms with van der Waals surface area (Å²) in [5.74, 6) is -2.09. The quantitative estimate of drug-likeness (QED) is 0.451. The number of rotatable bonds is 1. The molecule has 1 saturated heterocycles. The van der Waals surface area contributed by atoms with Crippen molar-refractivity contribution in [2.24, 2.45) is 0 Å². The van der Waals surface area contributed by atoms with Crippen LogP contribution in [0.3, 0.4) is 0 Å². The number of aliphatic hydroxyl groups is 1. The van der Waals surface area contributed by atoms with Crippen molar-refractivity contribution in [3.63, 3.8) is 0 Å². The number of carboxylic acids is 1. The maximum Gasteiger partial charge on any atom is 0.339 e. The largest absolute Gasteiger partial charge is 0.479 e. The number of carboxylic acid groups (broad SMARTS) is 1. The third kappa shape index (κ3) is 0.950. The van der Waals surface area contributed by atoms with E-state index in [-0.39, 0.29) is 0 Å². The predicted octanol–water partition coefficient (Wildman–Crippen LogP) is -1.25. The van der Waals surface area contributed by atoms with Gasteiger partial charge >= 0.3 is 11.9 Å². The number of hydrogen-bond donors (Lipinski definition) is 2. The first kappa shape index (κ1) is 7.01. The van der Waals surface area contributed by atoms with Crippen molar-refractivity contribution in [1.82, 2.24) is 0 Å². The van der Waals surface area contributed by atoms with Crippen LogP contribution in [0.5, 0.6) is 0 Å². The van der Waals surface area contributed by atoms with E-state index in [1.165, 1.54) is 0 Å². The molecule has 1 aliphatic heterocycles. The third-order valence-electron chi connectivity index (χ3n) is 1.31. The van der Waals surface area contributed by atoms with Gasteiger partial charge in [0.1, 0.15) is 6.61 Å². The molecule has 1 rings (SSSR count). The van der Waals surface area contributed by atoms with E-state index < -0.39 is 30.6 Å². The van der Waals surface area contributed by atoms with Gasteiger partial charge in [-0.15, -0.1) is 0 Å². The maximum absolute atomic E-state index is 10.3. The minimum atomic E-state index is -1.99. The Morgan fingerprint density at radius 1 is 1.70 bits per heavy atom. The minimum absolute atomic E-state index is 0.443. The zero-order chi connectivity index (χ0) is 7.78. The van der Waals surface area contributed by atoms with E-state index in [0.29, 0.717) is 0 Å². The van der Waals surface area contributed by atoms with Crippen molar-refractivity contribution < 1.29 is 24.5 Å². The molecule has 0 aromatic heterocycles. The topological polar surface area (TPSA) is 83.8 Å². The van der Waals surface area contributed by atoms with Crippen LogP contribution in [-0.2, 0) is 14.3 Å². The summed E-state index contributed by atoms with van der Waals surface area (Å²) in [5, 5.41) is 17.3. The van der Waals surface area contributed by atoms with Crippen LogP contribution in [-0.4, -0.2) is 34.4 Å². The van der Waals surface area contributed by atoms with Gasteiger partial charge in [-0.3, -0.25) is 4.79 Å². The molecule has 56 valence electrons. The first-order chi connectivity index (χ1) is 4.54. The summed E-state index contributed by atoms with van der Waals surface area (Å²) >= 11 is 0. The van der Waals surface area contributed by atoms with Gasteiger partial charge in [-0.05, 0) is 0 Å². The molecule has 1 unspecified atom stereocenters. The normalized spacial score (nSPS) is 31.9. The van der Waals surface area contributed by atoms with Gasteiger partial charge in [-0.1, -0.05) is 0 Å². The first-order valence-electron chi connectivity index (χ1n) is 2.66. The highest BCUT2D eigenvalue weighted by atomic mass is 16.6. The average Bonchev–Trinajstić information content (AvgIpc) is 2.13. The second kappa shape index (κ2) is 1.95. The Bertz CT molecular complexity index is 186. The van der Waals surface area contributed by atoms with Crippen molar-refractivity contribution in [1.29, 1.82) is 0 Å². The average molecular weight is 146 g/mol. The molecule has 0 saturated carbocycles. The van der Waals surface area contributed by atoms with Crippen molar-refractivity contribution in [2.75, 3.05) is 6.61 Å². The van der Waals surface area contributed by atoms with E-state index in [9.17, 15) is 9.59 Å². The fourth-order valence-corrected chi connectivity index (χ4v) is 0.678. The highest BCUT2D eigenvalue weighted by molar-refractivity contribution is 5.87. The molecule has 1 aliphatic rings. The summed E-state index contributed by atoms with van der Waals surface area (Å²) in [7, 11) is 0. The molecule has 1 atom stereocenters. The number of carbonyl (C=O) groups is 2. The van der Waals surface area contributed by atoms with E-state index in [1.807, 2.05) is 0 Å². The van der Waals surface area contributed by atoms with Crippen LogP contribution in [0.1, 0.15) is 6.42 Å². The third-order valence-corrected chi connectivity index (χ3v) is 1.31. The molecule has 5 heteroatoms. The van der Waals surface area contributed by atoms with Gasteiger partial charge in [0.25, 0.3) is 0 Å². The van der Waals surface area contributed by atoms with Crippen LogP contribution in [0.4, 0.5) is 0 Å². The first-order valence-corrected chi connectivity index (χ1v) is 2.66. The summed E-state index contributed by atoms with van der Waals surface area (Å²) in [4.78, 5) is 20.5. The summed E-state index contributed by atoms with van der Waals surface area (Å²) in [6, 6.07) is 0. The SMILES string of the molecule is O=C1CC(O)(C(=O)O)CO1. The Morgan fingerprint density at radius 2 is 2.30 bits per heavy atom. The number of carbonyl (C=O) groups excluding carboxylic acids is 1. The van der Waals surface area contributed by atoms with Gasteiger partial charge in [0.05, 0.1) is 6.42 Å². The molecule has 10 heavy (non-hydrogen) atoms. The second-order valence-corrected chi connectivity index (χ2v) is 2.17. The van der Waals surface area contributed by atoms with Crippen LogP contribution < -0.4 is 0 Å². The Labute approximate surface area is 56.2 Å². The molecular formula is C5H6O5. The molecule has 0 aromatic carbocycles. The Hall–Kier alpha value is -1.10. The minimum Gasteiger partial charge on any atom is -0.479 e. The smallest absolute Gasteiger partial charge is 0.339 e. The Kier molecular flexibility index (Phi) is 1.37. The van der Waals surface area contributed by atoms with Gasteiger partial charge in [0, 0.05) is 0 Å². The summed E-state index contributed by atoms with van der Waals surface area (Å²) in [6.45, 7) is -0.443. The molecule has 5 nitrogen and oxygen atoms in total. The lowest BCUT2D eigenvalue weighted by Crippen LogP contribution is -2.38. The maximum atomic E-state index is 10.3. The standard InChI is InChI=1S/C5H6O5/c6-3-1-5(9,2-10-3)4(7)8/h9H,1-2H2,(H,7,8). The van der Waals surface area contributed by atoms with Crippen LogP contribution in [0, 0.1) is 0 Å². The number of cyclic esters (lactones) is 1. The molecule has 1 fully saturated rings. The van der Waals surface area contributed by atoms with E-state index in [0.717, 1.165) is 0 Å². The number of aliphatic carboxylic acids is 1. The fourth-order valence-electron chi connectivity index (χ4n) is 0.678. The molecule has 0 spiro atoms. The number of hydrogen-bond acceptors (Lipinski definition) is 4.